The highest BCUT2D eigenvalue weighted by Gasteiger charge is 2.34. The molecule has 1 saturated heterocycles. The molecule has 0 saturated carbocycles. The van der Waals surface area contributed by atoms with Crippen molar-refractivity contribution < 1.29 is 12.8 Å². The summed E-state index contributed by atoms with van der Waals surface area (Å²) < 4.78 is 40.9. The lowest BCUT2D eigenvalue weighted by molar-refractivity contribution is 0.528. The largest absolute Gasteiger partial charge is 0.348 e. The van der Waals surface area contributed by atoms with Crippen LogP contribution in [0, 0.1) is 33.5 Å². The predicted molar refractivity (Wildman–Crippen MR) is 130 cm³/mol. The second-order valence-corrected chi connectivity index (χ2v) is 11.9. The summed E-state index contributed by atoms with van der Waals surface area (Å²) in [5.74, 6) is -0.471. The Hall–Kier alpha value is -1.96. The molecule has 170 valence electrons. The van der Waals surface area contributed by atoms with Gasteiger partial charge >= 0.3 is 0 Å². The molecular weight excluding hydrogens is 467 g/mol. The van der Waals surface area contributed by atoms with E-state index in [1.807, 2.05) is 33.1 Å². The molecule has 3 aromatic rings. The van der Waals surface area contributed by atoms with Crippen molar-refractivity contribution in [1.82, 2.24) is 4.98 Å². The monoisotopic (exact) mass is 492 g/mol. The zero-order chi connectivity index (χ0) is 23.2. The predicted octanol–water partition coefficient (Wildman–Crippen LogP) is 6.28. The number of rotatable bonds is 4. The molecule has 0 unspecified atom stereocenters. The Kier molecular flexibility index (Phi) is 6.36. The van der Waals surface area contributed by atoms with E-state index in [4.69, 9.17) is 11.6 Å². The third-order valence-electron chi connectivity index (χ3n) is 6.44. The van der Waals surface area contributed by atoms with Crippen LogP contribution in [0.2, 0.25) is 5.02 Å². The maximum Gasteiger partial charge on any atom is 0.185 e. The maximum atomic E-state index is 13.8. The van der Waals surface area contributed by atoms with Crippen molar-refractivity contribution in [3.05, 3.63) is 62.7 Å². The highest BCUT2D eigenvalue weighted by atomic mass is 35.5. The van der Waals surface area contributed by atoms with E-state index in [-0.39, 0.29) is 5.02 Å². The van der Waals surface area contributed by atoms with Gasteiger partial charge in [0.25, 0.3) is 0 Å². The van der Waals surface area contributed by atoms with Crippen LogP contribution in [0.15, 0.2) is 34.5 Å². The number of hydrogen-bond donors (Lipinski definition) is 0. The number of piperidine rings is 1. The van der Waals surface area contributed by atoms with Gasteiger partial charge in [0, 0.05) is 24.0 Å². The summed E-state index contributed by atoms with van der Waals surface area (Å²) in [6, 6.07) is 6.71. The molecule has 0 amide bonds. The molecule has 0 atom stereocenters. The summed E-state index contributed by atoms with van der Waals surface area (Å²) in [4.78, 5) is 7.28. The number of aryl methyl sites for hydroxylation is 2. The summed E-state index contributed by atoms with van der Waals surface area (Å²) in [5.41, 5.74) is 5.10. The third kappa shape index (κ3) is 4.18. The van der Waals surface area contributed by atoms with E-state index in [0.717, 1.165) is 27.4 Å². The van der Waals surface area contributed by atoms with Gasteiger partial charge in [0.05, 0.1) is 20.9 Å². The van der Waals surface area contributed by atoms with Gasteiger partial charge in [0.2, 0.25) is 0 Å². The van der Waals surface area contributed by atoms with Gasteiger partial charge < -0.3 is 4.90 Å². The Morgan fingerprint density at radius 3 is 2.28 bits per heavy atom. The van der Waals surface area contributed by atoms with Crippen LogP contribution >= 0.6 is 22.9 Å². The second kappa shape index (κ2) is 8.76. The molecule has 1 aliphatic heterocycles. The third-order valence-corrected chi connectivity index (χ3v) is 10.2. The Balaban J connectivity index is 1.52. The van der Waals surface area contributed by atoms with Gasteiger partial charge in [-0.2, -0.15) is 0 Å². The zero-order valence-corrected chi connectivity index (χ0v) is 21.0. The number of hydrogen-bond acceptors (Lipinski definition) is 5. The minimum Gasteiger partial charge on any atom is -0.348 e. The van der Waals surface area contributed by atoms with Crippen LogP contribution in [-0.2, 0) is 9.84 Å². The van der Waals surface area contributed by atoms with Gasteiger partial charge in [-0.05, 0) is 74.9 Å². The summed E-state index contributed by atoms with van der Waals surface area (Å²) in [6.45, 7) is 8.98. The average Bonchev–Trinajstić information content (AvgIpc) is 3.25. The fourth-order valence-electron chi connectivity index (χ4n) is 4.33. The van der Waals surface area contributed by atoms with Crippen LogP contribution in [0.25, 0.3) is 11.3 Å². The van der Waals surface area contributed by atoms with E-state index in [0.29, 0.717) is 42.1 Å². The normalized spacial score (nSPS) is 15.4. The van der Waals surface area contributed by atoms with Gasteiger partial charge in [-0.3, -0.25) is 0 Å². The van der Waals surface area contributed by atoms with Gasteiger partial charge in [0.1, 0.15) is 5.82 Å². The van der Waals surface area contributed by atoms with Crippen molar-refractivity contribution in [2.45, 2.75) is 50.7 Å². The fraction of sp³-hybridized carbons (Fsp3) is 0.375. The summed E-state index contributed by atoms with van der Waals surface area (Å²) in [5, 5.41) is 2.40. The summed E-state index contributed by atoms with van der Waals surface area (Å²) >= 11 is 7.26. The van der Waals surface area contributed by atoms with Crippen molar-refractivity contribution in [1.29, 1.82) is 0 Å². The Morgan fingerprint density at radius 2 is 1.69 bits per heavy atom. The SMILES string of the molecule is Cc1cc(C)c(C)c(S(=O)(=O)C2CCN(c3nc(-c4ccc(Cl)c(F)c4)cs3)CC2)c1C. The molecule has 0 radical (unpaired) electrons. The first-order valence-electron chi connectivity index (χ1n) is 10.6. The molecule has 1 aromatic heterocycles. The van der Waals surface area contributed by atoms with Crippen molar-refractivity contribution in [3.8, 4) is 11.3 Å². The molecule has 4 nitrogen and oxygen atoms in total. The molecule has 2 aromatic carbocycles. The fourth-order valence-corrected chi connectivity index (χ4v) is 7.68. The molecule has 32 heavy (non-hydrogen) atoms. The number of halogens is 2. The first-order valence-corrected chi connectivity index (χ1v) is 13.4. The van der Waals surface area contributed by atoms with E-state index in [2.05, 4.69) is 16.0 Å². The Morgan fingerprint density at radius 1 is 1.06 bits per heavy atom. The second-order valence-electron chi connectivity index (χ2n) is 8.47. The lowest BCUT2D eigenvalue weighted by atomic mass is 10.0. The number of benzene rings is 2. The average molecular weight is 493 g/mol. The molecular formula is C24H26ClFN2O2S2. The van der Waals surface area contributed by atoms with Crippen LogP contribution in [0.3, 0.4) is 0 Å². The van der Waals surface area contributed by atoms with Gasteiger partial charge in [-0.15, -0.1) is 11.3 Å². The molecule has 0 aliphatic carbocycles. The molecule has 1 aliphatic rings. The lowest BCUT2D eigenvalue weighted by Gasteiger charge is -2.32. The number of anilines is 1. The van der Waals surface area contributed by atoms with Gasteiger partial charge in [0.15, 0.2) is 15.0 Å². The van der Waals surface area contributed by atoms with Crippen molar-refractivity contribution in [3.63, 3.8) is 0 Å². The highest BCUT2D eigenvalue weighted by Crippen LogP contribution is 2.35. The first-order chi connectivity index (χ1) is 15.1. The molecule has 1 fully saturated rings. The van der Waals surface area contributed by atoms with Crippen molar-refractivity contribution in [2.24, 2.45) is 0 Å². The standard InChI is InChI=1S/C24H26ClFN2O2S2/c1-14-11-15(2)17(4)23(16(14)3)32(29,30)19-7-9-28(10-8-19)24-27-22(13-31-24)18-5-6-20(25)21(26)12-18/h5-6,11-13,19H,7-10H2,1-4H3. The molecule has 4 rings (SSSR count). The van der Waals surface area contributed by atoms with Crippen LogP contribution in [0.1, 0.15) is 35.1 Å². The highest BCUT2D eigenvalue weighted by molar-refractivity contribution is 7.92. The number of nitrogens with zero attached hydrogens (tertiary/aromatic N) is 2. The Labute approximate surface area is 198 Å². The lowest BCUT2D eigenvalue weighted by Crippen LogP contribution is -2.39. The van der Waals surface area contributed by atoms with Crippen LogP contribution in [0.4, 0.5) is 9.52 Å². The number of thiazole rings is 1. The van der Waals surface area contributed by atoms with E-state index < -0.39 is 20.9 Å². The van der Waals surface area contributed by atoms with Crippen LogP contribution < -0.4 is 4.90 Å². The topological polar surface area (TPSA) is 50.3 Å². The smallest absolute Gasteiger partial charge is 0.185 e. The van der Waals surface area contributed by atoms with Crippen molar-refractivity contribution >= 4 is 37.9 Å². The zero-order valence-electron chi connectivity index (χ0n) is 18.6. The van der Waals surface area contributed by atoms with E-state index in [9.17, 15) is 12.8 Å². The van der Waals surface area contributed by atoms with Crippen LogP contribution in [-0.4, -0.2) is 31.7 Å². The molecule has 0 bridgehead atoms. The van der Waals surface area contributed by atoms with Gasteiger partial charge in [-0.25, -0.2) is 17.8 Å². The van der Waals surface area contributed by atoms with Crippen molar-refractivity contribution in [2.75, 3.05) is 18.0 Å². The summed E-state index contributed by atoms with van der Waals surface area (Å²) in [6.07, 6.45) is 1.11. The van der Waals surface area contributed by atoms with E-state index in [1.165, 1.54) is 23.5 Å². The van der Waals surface area contributed by atoms with Crippen LogP contribution in [0.5, 0.6) is 0 Å². The van der Waals surface area contributed by atoms with E-state index in [1.54, 1.807) is 6.07 Å². The summed E-state index contributed by atoms with van der Waals surface area (Å²) in [7, 11) is -3.42. The first kappa shape index (κ1) is 23.2. The quantitative estimate of drug-likeness (QED) is 0.430. The minimum absolute atomic E-state index is 0.0850. The molecule has 8 heteroatoms. The molecule has 2 heterocycles. The minimum atomic E-state index is -3.42. The Bertz CT molecular complexity index is 1250. The molecule has 0 spiro atoms. The maximum absolute atomic E-state index is 13.8. The number of sulfone groups is 1. The van der Waals surface area contributed by atoms with E-state index >= 15 is 0 Å². The number of aromatic nitrogens is 1. The van der Waals surface area contributed by atoms with Gasteiger partial charge in [-0.1, -0.05) is 23.7 Å². The molecule has 0 N–H and O–H groups in total.